The van der Waals surface area contributed by atoms with E-state index in [1.165, 1.54) is 25.3 Å². The van der Waals surface area contributed by atoms with Gasteiger partial charge in [-0.15, -0.1) is 0 Å². The number of nitrogens with one attached hydrogen (secondary N) is 2. The predicted molar refractivity (Wildman–Crippen MR) is 81.2 cm³/mol. The van der Waals surface area contributed by atoms with Crippen molar-refractivity contribution in [2.24, 2.45) is 5.73 Å². The molecule has 1 aliphatic carbocycles. The topological polar surface area (TPSA) is 120 Å². The van der Waals surface area contributed by atoms with Crippen LogP contribution in [0.3, 0.4) is 0 Å². The number of amides is 3. The van der Waals surface area contributed by atoms with Crippen LogP contribution in [0.1, 0.15) is 23.2 Å². The van der Waals surface area contributed by atoms with Crippen LogP contribution in [0, 0.1) is 0 Å². The number of hydrogen-bond donors (Lipinski definition) is 3. The van der Waals surface area contributed by atoms with Crippen molar-refractivity contribution in [1.82, 2.24) is 10.6 Å². The molecule has 2 rings (SSSR count). The first-order valence-electron chi connectivity index (χ1n) is 7.16. The van der Waals surface area contributed by atoms with E-state index in [0.29, 0.717) is 17.1 Å². The summed E-state index contributed by atoms with van der Waals surface area (Å²) in [6.45, 7) is -0.374. The van der Waals surface area contributed by atoms with E-state index in [1.807, 2.05) is 0 Å². The summed E-state index contributed by atoms with van der Waals surface area (Å²) < 4.78 is 10.3. The zero-order valence-electron chi connectivity index (χ0n) is 12.8. The summed E-state index contributed by atoms with van der Waals surface area (Å²) in [4.78, 5) is 34.3. The third-order valence-corrected chi connectivity index (χ3v) is 3.15. The van der Waals surface area contributed by atoms with Crippen molar-refractivity contribution in [1.29, 1.82) is 0 Å². The molecule has 1 fully saturated rings. The molecule has 3 amide bonds. The number of methoxy groups -OCH3 is 1. The van der Waals surface area contributed by atoms with Crippen molar-refractivity contribution in [2.75, 3.05) is 20.3 Å². The number of carbonyl (C=O) groups excluding carboxylic acids is 3. The van der Waals surface area contributed by atoms with E-state index in [9.17, 15) is 14.4 Å². The second-order valence-electron chi connectivity index (χ2n) is 5.15. The van der Waals surface area contributed by atoms with Gasteiger partial charge in [-0.05, 0) is 31.0 Å². The number of rotatable bonds is 8. The smallest absolute Gasteiger partial charge is 0.255 e. The van der Waals surface area contributed by atoms with Crippen LogP contribution in [-0.4, -0.2) is 44.0 Å². The van der Waals surface area contributed by atoms with Crippen molar-refractivity contribution >= 4 is 17.7 Å². The summed E-state index contributed by atoms with van der Waals surface area (Å²) in [7, 11) is 1.41. The molecule has 8 heteroatoms. The molecule has 0 atom stereocenters. The van der Waals surface area contributed by atoms with Crippen LogP contribution in [0.4, 0.5) is 0 Å². The zero-order valence-corrected chi connectivity index (χ0v) is 12.8. The van der Waals surface area contributed by atoms with Gasteiger partial charge in [-0.25, -0.2) is 0 Å². The highest BCUT2D eigenvalue weighted by Gasteiger charge is 2.23. The van der Waals surface area contributed by atoms with Crippen molar-refractivity contribution in [3.05, 3.63) is 23.8 Å². The Balaban J connectivity index is 1.93. The largest absolute Gasteiger partial charge is 0.493 e. The summed E-state index contributed by atoms with van der Waals surface area (Å²) in [5.41, 5.74) is 5.32. The lowest BCUT2D eigenvalue weighted by Gasteiger charge is -2.11. The van der Waals surface area contributed by atoms with E-state index in [4.69, 9.17) is 15.2 Å². The minimum atomic E-state index is -0.615. The molecule has 0 saturated heterocycles. The van der Waals surface area contributed by atoms with Crippen LogP contribution in [-0.2, 0) is 9.59 Å². The van der Waals surface area contributed by atoms with Crippen LogP contribution >= 0.6 is 0 Å². The highest BCUT2D eigenvalue weighted by atomic mass is 16.5. The van der Waals surface area contributed by atoms with E-state index >= 15 is 0 Å². The van der Waals surface area contributed by atoms with Crippen LogP contribution in [0.5, 0.6) is 11.5 Å². The number of benzene rings is 1. The van der Waals surface area contributed by atoms with Gasteiger partial charge in [0.15, 0.2) is 18.1 Å². The second kappa shape index (κ2) is 7.48. The summed E-state index contributed by atoms with van der Waals surface area (Å²) in [5, 5.41) is 5.31. The normalized spacial score (nSPS) is 13.1. The number of nitrogens with two attached hydrogens (primary N) is 1. The summed E-state index contributed by atoms with van der Waals surface area (Å²) >= 11 is 0. The van der Waals surface area contributed by atoms with Crippen LogP contribution in [0.15, 0.2) is 18.2 Å². The van der Waals surface area contributed by atoms with Gasteiger partial charge in [0, 0.05) is 11.6 Å². The summed E-state index contributed by atoms with van der Waals surface area (Å²) in [5.74, 6) is -0.642. The van der Waals surface area contributed by atoms with Gasteiger partial charge in [0.1, 0.15) is 0 Å². The average Bonchev–Trinajstić information content (AvgIpc) is 3.34. The van der Waals surface area contributed by atoms with E-state index in [0.717, 1.165) is 12.8 Å². The van der Waals surface area contributed by atoms with Crippen molar-refractivity contribution in [3.63, 3.8) is 0 Å². The van der Waals surface area contributed by atoms with E-state index in [2.05, 4.69) is 10.6 Å². The zero-order chi connectivity index (χ0) is 16.8. The quantitative estimate of drug-likeness (QED) is 0.600. The van der Waals surface area contributed by atoms with Gasteiger partial charge in [-0.3, -0.25) is 14.4 Å². The molecule has 0 aromatic heterocycles. The number of ether oxygens (including phenoxy) is 2. The lowest BCUT2D eigenvalue weighted by atomic mass is 10.2. The van der Waals surface area contributed by atoms with Gasteiger partial charge in [-0.2, -0.15) is 0 Å². The first kappa shape index (κ1) is 16.6. The Kier molecular flexibility index (Phi) is 5.40. The molecule has 0 spiro atoms. The molecule has 0 bridgehead atoms. The fourth-order valence-electron chi connectivity index (χ4n) is 1.85. The van der Waals surface area contributed by atoms with Crippen molar-refractivity contribution < 1.29 is 23.9 Å². The van der Waals surface area contributed by atoms with Gasteiger partial charge in [0.05, 0.1) is 13.7 Å². The third-order valence-electron chi connectivity index (χ3n) is 3.15. The highest BCUT2D eigenvalue weighted by molar-refractivity contribution is 5.97. The van der Waals surface area contributed by atoms with Gasteiger partial charge in [0.25, 0.3) is 11.8 Å². The number of hydrogen-bond acceptors (Lipinski definition) is 5. The fourth-order valence-corrected chi connectivity index (χ4v) is 1.85. The lowest BCUT2D eigenvalue weighted by Crippen LogP contribution is -2.37. The number of carbonyl (C=O) groups is 3. The van der Waals surface area contributed by atoms with Crippen LogP contribution in [0.2, 0.25) is 0 Å². The SMILES string of the molecule is COc1cc(C(=O)NCC(=O)NC2CC2)ccc1OCC(N)=O. The molecular weight excluding hydrogens is 302 g/mol. The molecule has 0 aliphatic heterocycles. The average molecular weight is 321 g/mol. The van der Waals surface area contributed by atoms with E-state index in [1.54, 1.807) is 0 Å². The standard InChI is InChI=1S/C15H19N3O5/c1-22-12-6-9(2-5-11(12)23-8-13(16)19)15(21)17-7-14(20)18-10-3-4-10/h2,5-6,10H,3-4,7-8H2,1H3,(H2,16,19)(H,17,21)(H,18,20). The molecule has 4 N–H and O–H groups in total. The maximum Gasteiger partial charge on any atom is 0.255 e. The Labute approximate surface area is 133 Å². The highest BCUT2D eigenvalue weighted by Crippen LogP contribution is 2.28. The van der Waals surface area contributed by atoms with E-state index < -0.39 is 11.8 Å². The fraction of sp³-hybridized carbons (Fsp3) is 0.400. The summed E-state index contributed by atoms with van der Waals surface area (Å²) in [6.07, 6.45) is 1.98. The van der Waals surface area contributed by atoms with Gasteiger partial charge in [-0.1, -0.05) is 0 Å². The molecule has 1 aromatic carbocycles. The minimum Gasteiger partial charge on any atom is -0.493 e. The summed E-state index contributed by atoms with van der Waals surface area (Å²) in [6, 6.07) is 4.72. The van der Waals surface area contributed by atoms with Gasteiger partial charge in [0.2, 0.25) is 5.91 Å². The Hall–Kier alpha value is -2.77. The van der Waals surface area contributed by atoms with Gasteiger partial charge < -0.3 is 25.8 Å². The first-order valence-corrected chi connectivity index (χ1v) is 7.16. The molecule has 0 unspecified atom stereocenters. The second-order valence-corrected chi connectivity index (χ2v) is 5.15. The first-order chi connectivity index (χ1) is 11.0. The maximum absolute atomic E-state index is 12.0. The monoisotopic (exact) mass is 321 g/mol. The molecule has 124 valence electrons. The minimum absolute atomic E-state index is 0.0857. The lowest BCUT2D eigenvalue weighted by molar-refractivity contribution is -0.120. The molecule has 1 aromatic rings. The van der Waals surface area contributed by atoms with Crippen LogP contribution in [0.25, 0.3) is 0 Å². The third kappa shape index (κ3) is 5.17. The number of primary amides is 1. The Morgan fingerprint density at radius 2 is 2.00 bits per heavy atom. The van der Waals surface area contributed by atoms with Crippen LogP contribution < -0.4 is 25.8 Å². The molecule has 8 nitrogen and oxygen atoms in total. The predicted octanol–water partition coefficient (Wildman–Crippen LogP) is -0.432. The van der Waals surface area contributed by atoms with Gasteiger partial charge >= 0.3 is 0 Å². The van der Waals surface area contributed by atoms with Crippen molar-refractivity contribution in [2.45, 2.75) is 18.9 Å². The van der Waals surface area contributed by atoms with Crippen molar-refractivity contribution in [3.8, 4) is 11.5 Å². The molecule has 0 radical (unpaired) electrons. The Morgan fingerprint density at radius 1 is 1.26 bits per heavy atom. The Morgan fingerprint density at radius 3 is 2.61 bits per heavy atom. The molecule has 1 saturated carbocycles. The molecule has 0 heterocycles. The molecule has 23 heavy (non-hydrogen) atoms. The Bertz CT molecular complexity index is 613. The molecule has 1 aliphatic rings. The maximum atomic E-state index is 12.0. The molecular formula is C15H19N3O5. The van der Waals surface area contributed by atoms with E-state index in [-0.39, 0.29) is 25.1 Å².